The predicted octanol–water partition coefficient (Wildman–Crippen LogP) is 3.49. The second kappa shape index (κ2) is 5.53. The minimum atomic E-state index is 0.642. The monoisotopic (exact) mass is 295 g/mol. The topological polar surface area (TPSA) is 29.9 Å². The van der Waals surface area contributed by atoms with Gasteiger partial charge in [0.25, 0.3) is 0 Å². The van der Waals surface area contributed by atoms with Gasteiger partial charge in [-0.05, 0) is 42.7 Å². The first-order chi connectivity index (χ1) is 9.20. The number of nitrogens with one attached hydrogen (secondary N) is 1. The highest BCUT2D eigenvalue weighted by molar-refractivity contribution is 6.33. The molecular weight excluding hydrogens is 281 g/mol. The second-order valence-corrected chi connectivity index (χ2v) is 5.74. The summed E-state index contributed by atoms with van der Waals surface area (Å²) in [5.74, 6) is 0. The molecule has 3 nitrogen and oxygen atoms in total. The number of hydrogen-bond acceptors (Lipinski definition) is 2. The summed E-state index contributed by atoms with van der Waals surface area (Å²) in [4.78, 5) is 0. The standard InChI is InChI=1S/C14H15Cl2N3/c15-11-1-4-14(16)10(7-11)9-19-6-5-13(18-19)8-17-12-2-3-12/h1,4-7,12,17H,2-3,8-9H2. The molecule has 0 aliphatic heterocycles. The van der Waals surface area contributed by atoms with Crippen LogP contribution in [0.5, 0.6) is 0 Å². The third-order valence-corrected chi connectivity index (χ3v) is 3.79. The number of rotatable bonds is 5. The lowest BCUT2D eigenvalue weighted by Crippen LogP contribution is -2.16. The number of aromatic nitrogens is 2. The van der Waals surface area contributed by atoms with Crippen molar-refractivity contribution >= 4 is 23.2 Å². The first kappa shape index (κ1) is 13.0. The van der Waals surface area contributed by atoms with Crippen LogP contribution in [0.3, 0.4) is 0 Å². The summed E-state index contributed by atoms with van der Waals surface area (Å²) < 4.78 is 1.89. The molecule has 0 spiro atoms. The highest BCUT2D eigenvalue weighted by Crippen LogP contribution is 2.21. The molecule has 0 amide bonds. The molecule has 0 unspecified atom stereocenters. The van der Waals surface area contributed by atoms with E-state index in [1.54, 1.807) is 6.07 Å². The largest absolute Gasteiger partial charge is 0.308 e. The molecule has 19 heavy (non-hydrogen) atoms. The summed E-state index contributed by atoms with van der Waals surface area (Å²) in [6, 6.07) is 8.23. The molecule has 2 aromatic rings. The molecule has 1 N–H and O–H groups in total. The van der Waals surface area contributed by atoms with Crippen molar-refractivity contribution in [2.45, 2.75) is 32.0 Å². The Morgan fingerprint density at radius 1 is 1.26 bits per heavy atom. The van der Waals surface area contributed by atoms with Crippen LogP contribution in [0.1, 0.15) is 24.1 Å². The summed E-state index contributed by atoms with van der Waals surface area (Å²) >= 11 is 12.1. The molecule has 0 atom stereocenters. The van der Waals surface area contributed by atoms with Gasteiger partial charge in [-0.1, -0.05) is 23.2 Å². The smallest absolute Gasteiger partial charge is 0.0762 e. The third-order valence-electron chi connectivity index (χ3n) is 3.19. The SMILES string of the molecule is Clc1ccc(Cl)c(Cn2ccc(CNC3CC3)n2)c1. The first-order valence-corrected chi connectivity index (χ1v) is 7.16. The lowest BCUT2D eigenvalue weighted by atomic mass is 10.2. The summed E-state index contributed by atoms with van der Waals surface area (Å²) in [7, 11) is 0. The van der Waals surface area contributed by atoms with Crippen molar-refractivity contribution in [3.05, 3.63) is 51.8 Å². The number of hydrogen-bond donors (Lipinski definition) is 1. The summed E-state index contributed by atoms with van der Waals surface area (Å²) in [6.45, 7) is 1.48. The molecule has 0 saturated heterocycles. The van der Waals surface area contributed by atoms with Gasteiger partial charge in [-0.25, -0.2) is 0 Å². The maximum atomic E-state index is 6.15. The molecule has 0 radical (unpaired) electrons. The van der Waals surface area contributed by atoms with Crippen LogP contribution in [-0.2, 0) is 13.1 Å². The quantitative estimate of drug-likeness (QED) is 0.915. The van der Waals surface area contributed by atoms with Gasteiger partial charge in [0.2, 0.25) is 0 Å². The van der Waals surface area contributed by atoms with E-state index >= 15 is 0 Å². The zero-order valence-corrected chi connectivity index (χ0v) is 12.0. The van der Waals surface area contributed by atoms with E-state index in [0.29, 0.717) is 17.6 Å². The number of halogens is 2. The van der Waals surface area contributed by atoms with Gasteiger partial charge < -0.3 is 5.32 Å². The van der Waals surface area contributed by atoms with E-state index in [0.717, 1.165) is 22.8 Å². The van der Waals surface area contributed by atoms with Crippen LogP contribution in [0, 0.1) is 0 Å². The van der Waals surface area contributed by atoms with Gasteiger partial charge in [-0.15, -0.1) is 0 Å². The van der Waals surface area contributed by atoms with Gasteiger partial charge in [0, 0.05) is 28.8 Å². The fourth-order valence-electron chi connectivity index (χ4n) is 1.96. The normalized spacial score (nSPS) is 14.8. The van der Waals surface area contributed by atoms with Gasteiger partial charge in [-0.2, -0.15) is 5.10 Å². The Hall–Kier alpha value is -1.03. The van der Waals surface area contributed by atoms with E-state index in [2.05, 4.69) is 10.4 Å². The van der Waals surface area contributed by atoms with E-state index < -0.39 is 0 Å². The maximum Gasteiger partial charge on any atom is 0.0762 e. The lowest BCUT2D eigenvalue weighted by Gasteiger charge is -2.05. The van der Waals surface area contributed by atoms with Crippen LogP contribution in [0.15, 0.2) is 30.5 Å². The Labute approximate surface area is 122 Å². The van der Waals surface area contributed by atoms with Crippen molar-refractivity contribution in [2.75, 3.05) is 0 Å². The van der Waals surface area contributed by atoms with Crippen LogP contribution in [0.2, 0.25) is 10.0 Å². The van der Waals surface area contributed by atoms with Crippen molar-refractivity contribution in [1.82, 2.24) is 15.1 Å². The minimum Gasteiger partial charge on any atom is -0.308 e. The van der Waals surface area contributed by atoms with Gasteiger partial charge in [0.15, 0.2) is 0 Å². The maximum absolute atomic E-state index is 6.15. The molecule has 1 aromatic carbocycles. The molecule has 1 saturated carbocycles. The molecule has 3 rings (SSSR count). The molecule has 1 heterocycles. The average Bonchev–Trinajstić information content (AvgIpc) is 3.12. The van der Waals surface area contributed by atoms with Crippen LogP contribution in [0.4, 0.5) is 0 Å². The molecule has 1 aromatic heterocycles. The third kappa shape index (κ3) is 3.50. The van der Waals surface area contributed by atoms with Crippen LogP contribution in [-0.4, -0.2) is 15.8 Å². The Morgan fingerprint density at radius 2 is 2.11 bits per heavy atom. The van der Waals surface area contributed by atoms with Gasteiger partial charge >= 0.3 is 0 Å². The molecule has 1 aliphatic carbocycles. The van der Waals surface area contributed by atoms with E-state index in [1.165, 1.54) is 12.8 Å². The van der Waals surface area contributed by atoms with Crippen molar-refractivity contribution in [3.63, 3.8) is 0 Å². The van der Waals surface area contributed by atoms with E-state index in [-0.39, 0.29) is 0 Å². The fraction of sp³-hybridized carbons (Fsp3) is 0.357. The highest BCUT2D eigenvalue weighted by atomic mass is 35.5. The predicted molar refractivity (Wildman–Crippen MR) is 77.7 cm³/mol. The number of nitrogens with zero attached hydrogens (tertiary/aromatic N) is 2. The molecule has 1 fully saturated rings. The average molecular weight is 296 g/mol. The van der Waals surface area contributed by atoms with Crippen molar-refractivity contribution < 1.29 is 0 Å². The van der Waals surface area contributed by atoms with Crippen molar-refractivity contribution in [1.29, 1.82) is 0 Å². The van der Waals surface area contributed by atoms with Gasteiger partial charge in [0.05, 0.1) is 12.2 Å². The lowest BCUT2D eigenvalue weighted by molar-refractivity contribution is 0.631. The van der Waals surface area contributed by atoms with Gasteiger partial charge in [0.1, 0.15) is 0 Å². The van der Waals surface area contributed by atoms with Gasteiger partial charge in [-0.3, -0.25) is 4.68 Å². The Morgan fingerprint density at radius 3 is 2.89 bits per heavy atom. The Kier molecular flexibility index (Phi) is 3.78. The molecule has 0 bridgehead atoms. The van der Waals surface area contributed by atoms with E-state index in [4.69, 9.17) is 23.2 Å². The van der Waals surface area contributed by atoms with Crippen molar-refractivity contribution in [2.24, 2.45) is 0 Å². The second-order valence-electron chi connectivity index (χ2n) is 4.90. The summed E-state index contributed by atoms with van der Waals surface area (Å²) in [5.41, 5.74) is 2.05. The Bertz CT molecular complexity index is 576. The fourth-order valence-corrected chi connectivity index (χ4v) is 2.33. The highest BCUT2D eigenvalue weighted by Gasteiger charge is 2.20. The van der Waals surface area contributed by atoms with E-state index in [1.807, 2.05) is 29.1 Å². The van der Waals surface area contributed by atoms with E-state index in [9.17, 15) is 0 Å². The van der Waals surface area contributed by atoms with Crippen LogP contribution < -0.4 is 5.32 Å². The van der Waals surface area contributed by atoms with Crippen LogP contribution in [0.25, 0.3) is 0 Å². The summed E-state index contributed by atoms with van der Waals surface area (Å²) in [6.07, 6.45) is 4.55. The minimum absolute atomic E-state index is 0.642. The molecule has 1 aliphatic rings. The zero-order valence-electron chi connectivity index (χ0n) is 10.4. The molecule has 5 heteroatoms. The van der Waals surface area contributed by atoms with Crippen molar-refractivity contribution in [3.8, 4) is 0 Å². The molecule has 100 valence electrons. The Balaban J connectivity index is 1.66. The zero-order chi connectivity index (χ0) is 13.2. The summed E-state index contributed by atoms with van der Waals surface area (Å²) in [5, 5.41) is 9.39. The first-order valence-electron chi connectivity index (χ1n) is 6.40. The molecular formula is C14H15Cl2N3. The number of benzene rings is 1. The van der Waals surface area contributed by atoms with Crippen LogP contribution >= 0.6 is 23.2 Å².